The van der Waals surface area contributed by atoms with Gasteiger partial charge in [-0.1, -0.05) is 43.0 Å². The fourth-order valence-electron chi connectivity index (χ4n) is 3.43. The van der Waals surface area contributed by atoms with Crippen LogP contribution in [0.25, 0.3) is 10.9 Å². The maximum Gasteiger partial charge on any atom is 1.00 e. The second kappa shape index (κ2) is 10.5. The zero-order chi connectivity index (χ0) is 21.1. The molecule has 1 aromatic heterocycles. The van der Waals surface area contributed by atoms with E-state index in [1.54, 1.807) is 10.6 Å². The molecule has 2 amide bonds. The number of nitrogens with one attached hydrogen (secondary N) is 1. The molecule has 1 aliphatic rings. The normalized spacial score (nSPS) is 15.6. The molecule has 0 radical (unpaired) electrons. The zero-order valence-electron chi connectivity index (χ0n) is 18.5. The Hall–Kier alpha value is -2.13. The van der Waals surface area contributed by atoms with Crippen molar-refractivity contribution in [3.63, 3.8) is 0 Å². The number of benzene rings is 2. The minimum atomic E-state index is -0.385. The van der Waals surface area contributed by atoms with Crippen LogP contribution in [0.5, 0.6) is 5.75 Å². The van der Waals surface area contributed by atoms with Gasteiger partial charge in [0.05, 0.1) is 22.7 Å². The third-order valence-electron chi connectivity index (χ3n) is 4.95. The number of thioether (sulfide) groups is 1. The van der Waals surface area contributed by atoms with Gasteiger partial charge in [0.2, 0.25) is 5.91 Å². The average molecular weight is 447 g/mol. The number of para-hydroxylation sites is 1. The van der Waals surface area contributed by atoms with Crippen LogP contribution in [0.2, 0.25) is 0 Å². The summed E-state index contributed by atoms with van der Waals surface area (Å²) in [5.41, 5.74) is 1.61. The van der Waals surface area contributed by atoms with E-state index < -0.39 is 0 Å². The largest absolute Gasteiger partial charge is 1.00 e. The minimum Gasteiger partial charge on any atom is -1.00 e. The zero-order valence-corrected chi connectivity index (χ0v) is 20.3. The summed E-state index contributed by atoms with van der Waals surface area (Å²) in [6.45, 7) is 2.72. The number of aromatic nitrogens is 2. The number of amides is 2. The summed E-state index contributed by atoms with van der Waals surface area (Å²) in [4.78, 5) is 40.4. The number of imide groups is 1. The van der Waals surface area contributed by atoms with Crippen LogP contribution in [0.15, 0.2) is 53.3 Å². The molecule has 0 bridgehead atoms. The Bertz CT molecular complexity index is 1170. The topological polar surface area (TPSA) is 90.3 Å². The molecule has 0 spiro atoms. The number of ether oxygens (including phenoxy) is 1. The van der Waals surface area contributed by atoms with Crippen LogP contribution >= 0.6 is 11.8 Å². The molecular weight excluding hydrogens is 425 g/mol. The number of fused-ring (bicyclic) bond motifs is 1. The maximum absolute atomic E-state index is 12.8. The van der Waals surface area contributed by atoms with Crippen molar-refractivity contribution in [2.24, 2.45) is 0 Å². The number of hydrogen-bond acceptors (Lipinski definition) is 6. The molecule has 0 saturated carbocycles. The first-order valence-electron chi connectivity index (χ1n) is 9.77. The molecule has 0 aliphatic carbocycles. The Kier molecular flexibility index (Phi) is 7.94. The number of nitrogens with zero attached hydrogens (tertiary/aromatic N) is 2. The first kappa shape index (κ1) is 23.5. The Labute approximate surface area is 207 Å². The molecule has 9 heteroatoms. The van der Waals surface area contributed by atoms with Gasteiger partial charge in [-0.3, -0.25) is 24.3 Å². The van der Waals surface area contributed by atoms with E-state index >= 15 is 0 Å². The molecule has 2 aromatic carbocycles. The molecule has 1 N–H and O–H groups in total. The van der Waals surface area contributed by atoms with Crippen LogP contribution in [0.4, 0.5) is 4.79 Å². The molecule has 3 aromatic rings. The van der Waals surface area contributed by atoms with Gasteiger partial charge in [0.1, 0.15) is 18.2 Å². The van der Waals surface area contributed by atoms with Crippen molar-refractivity contribution in [2.75, 3.05) is 6.61 Å². The summed E-state index contributed by atoms with van der Waals surface area (Å²) >= 11 is 1.02. The van der Waals surface area contributed by atoms with Crippen LogP contribution in [-0.2, 0) is 24.2 Å². The van der Waals surface area contributed by atoms with Crippen LogP contribution < -0.4 is 45.2 Å². The van der Waals surface area contributed by atoms with Crippen molar-refractivity contribution in [2.45, 2.75) is 31.6 Å². The van der Waals surface area contributed by atoms with Gasteiger partial charge in [-0.25, -0.2) is 4.98 Å². The molecule has 1 saturated heterocycles. The molecule has 1 fully saturated rings. The number of carbonyl (C=O) groups is 2. The van der Waals surface area contributed by atoms with Crippen molar-refractivity contribution in [1.82, 2.24) is 14.9 Å². The second-order valence-electron chi connectivity index (χ2n) is 6.94. The van der Waals surface area contributed by atoms with Gasteiger partial charge in [-0.15, -0.1) is 0 Å². The van der Waals surface area contributed by atoms with Crippen LogP contribution in [0.1, 0.15) is 19.7 Å². The smallest absolute Gasteiger partial charge is 1.00 e. The third kappa shape index (κ3) is 5.38. The average Bonchev–Trinajstić information content (AvgIpc) is 3.07. The van der Waals surface area contributed by atoms with Crippen molar-refractivity contribution in [1.29, 1.82) is 0 Å². The van der Waals surface area contributed by atoms with E-state index in [-0.39, 0.29) is 52.9 Å². The summed E-state index contributed by atoms with van der Waals surface area (Å²) < 4.78 is 7.48. The van der Waals surface area contributed by atoms with Gasteiger partial charge in [0, 0.05) is 6.42 Å². The van der Waals surface area contributed by atoms with Crippen LogP contribution in [-0.4, -0.2) is 32.6 Å². The summed E-state index contributed by atoms with van der Waals surface area (Å²) in [6, 6.07) is 14.8. The predicted octanol–water partition coefficient (Wildman–Crippen LogP) is 0.0485. The third-order valence-corrected chi connectivity index (χ3v) is 5.93. The van der Waals surface area contributed by atoms with E-state index in [4.69, 9.17) is 4.74 Å². The molecule has 1 unspecified atom stereocenters. The van der Waals surface area contributed by atoms with E-state index in [1.165, 1.54) is 0 Å². The van der Waals surface area contributed by atoms with E-state index in [9.17, 15) is 14.4 Å². The molecule has 31 heavy (non-hydrogen) atoms. The van der Waals surface area contributed by atoms with Crippen molar-refractivity contribution < 1.29 is 45.3 Å². The van der Waals surface area contributed by atoms with Gasteiger partial charge >= 0.3 is 29.6 Å². The van der Waals surface area contributed by atoms with Gasteiger partial charge < -0.3 is 6.16 Å². The first-order chi connectivity index (χ1) is 14.5. The number of rotatable bonds is 7. The van der Waals surface area contributed by atoms with Crippen LogP contribution in [0.3, 0.4) is 0 Å². The summed E-state index contributed by atoms with van der Waals surface area (Å²) in [5, 5.41) is 2.22. The van der Waals surface area contributed by atoms with Gasteiger partial charge in [-0.2, -0.15) is 0 Å². The maximum atomic E-state index is 12.8. The molecule has 1 atom stereocenters. The molecule has 2 heterocycles. The second-order valence-corrected chi connectivity index (χ2v) is 8.11. The summed E-state index contributed by atoms with van der Waals surface area (Å²) in [7, 11) is 0. The molecule has 156 valence electrons. The van der Waals surface area contributed by atoms with Crippen LogP contribution in [0, 0.1) is 0 Å². The van der Waals surface area contributed by atoms with Gasteiger partial charge in [0.15, 0.2) is 0 Å². The Balaban J connectivity index is 0.00000181. The number of carbonyl (C=O) groups excluding carboxylic acids is 2. The van der Waals surface area contributed by atoms with E-state index in [0.29, 0.717) is 42.6 Å². The quantitative estimate of drug-likeness (QED) is 0.515. The number of hydrogen-bond donors (Lipinski definition) is 1. The van der Waals surface area contributed by atoms with Gasteiger partial charge in [0.25, 0.3) is 10.8 Å². The molecule has 4 rings (SSSR count). The molecule has 7 nitrogen and oxygen atoms in total. The van der Waals surface area contributed by atoms with Crippen molar-refractivity contribution >= 4 is 33.8 Å². The standard InChI is InChI=1S/C22H21N3O4S.Na.H/c1-2-19-23-17-6-4-3-5-16(17)21(27)25(19)11-12-29-15-9-7-14(8-10-15)13-18-20(26)24-22(28)30-18;;/h3-10,18H,2,11-13H2,1H3,(H,24,26,28);;/q;+1;-1. The monoisotopic (exact) mass is 447 g/mol. The van der Waals surface area contributed by atoms with E-state index in [1.807, 2.05) is 49.4 Å². The Morgan fingerprint density at radius 2 is 1.87 bits per heavy atom. The fourth-order valence-corrected chi connectivity index (χ4v) is 4.29. The number of aryl methyl sites for hydroxylation is 1. The van der Waals surface area contributed by atoms with E-state index in [0.717, 1.165) is 23.1 Å². The molecular formula is C22H22N3NaO4S. The fraction of sp³-hybridized carbons (Fsp3) is 0.273. The van der Waals surface area contributed by atoms with Gasteiger partial charge in [-0.05, 0) is 36.2 Å². The van der Waals surface area contributed by atoms with E-state index in [2.05, 4.69) is 10.3 Å². The Morgan fingerprint density at radius 1 is 1.13 bits per heavy atom. The Morgan fingerprint density at radius 3 is 2.55 bits per heavy atom. The summed E-state index contributed by atoms with van der Waals surface area (Å²) in [6.07, 6.45) is 1.14. The minimum absolute atomic E-state index is 0. The SMILES string of the molecule is CCc1nc2ccccc2c(=O)n1CCOc1ccc(CC2SC(=O)NC2=O)cc1.[H-].[Na+]. The summed E-state index contributed by atoms with van der Waals surface area (Å²) in [5.74, 6) is 1.17. The molecule has 1 aliphatic heterocycles. The van der Waals surface area contributed by atoms with Crippen molar-refractivity contribution in [3.8, 4) is 5.75 Å². The predicted molar refractivity (Wildman–Crippen MR) is 117 cm³/mol. The first-order valence-corrected chi connectivity index (χ1v) is 10.6. The van der Waals surface area contributed by atoms with Crippen molar-refractivity contribution in [3.05, 3.63) is 70.3 Å².